The molecule has 0 aromatic heterocycles. The van der Waals surface area contributed by atoms with Crippen LogP contribution in [0.4, 0.5) is 0 Å². The smallest absolute Gasteiger partial charge is 0.123 e. The van der Waals surface area contributed by atoms with Gasteiger partial charge in [-0.2, -0.15) is 0 Å². The zero-order valence-electron chi connectivity index (χ0n) is 11.7. The predicted octanol–water partition coefficient (Wildman–Crippen LogP) is 5.26. The zero-order chi connectivity index (χ0) is 13.9. The van der Waals surface area contributed by atoms with Gasteiger partial charge in [0.15, 0.2) is 0 Å². The minimum atomic E-state index is 0.526. The van der Waals surface area contributed by atoms with Gasteiger partial charge in [-0.15, -0.1) is 0 Å². The first kappa shape index (κ1) is 13.7. The van der Waals surface area contributed by atoms with E-state index >= 15 is 0 Å². The van der Waals surface area contributed by atoms with E-state index in [1.54, 1.807) is 0 Å². The van der Waals surface area contributed by atoms with Gasteiger partial charge >= 0.3 is 0 Å². The van der Waals surface area contributed by atoms with E-state index in [-0.39, 0.29) is 0 Å². The molecule has 0 N–H and O–H groups in total. The van der Waals surface area contributed by atoms with E-state index in [2.05, 4.69) is 65.3 Å². The molecule has 1 aliphatic rings. The normalized spacial score (nSPS) is 17.6. The van der Waals surface area contributed by atoms with Crippen molar-refractivity contribution >= 4 is 15.9 Å². The molecule has 0 saturated carbocycles. The fraction of sp³-hybridized carbons (Fsp3) is 0.333. The Hall–Kier alpha value is -1.28. The third-order valence-electron chi connectivity index (χ3n) is 4.08. The molecule has 2 aromatic carbocycles. The standard InChI is InChI=1S/C18H19BrO/c1-13-9-10-16(19)11-18(13)20-12-15-7-4-6-14-5-2-3-8-17(14)15/h2-3,5,8-11,15H,4,6-7,12H2,1H3. The summed E-state index contributed by atoms with van der Waals surface area (Å²) >= 11 is 3.51. The highest BCUT2D eigenvalue weighted by atomic mass is 79.9. The second-order valence-corrected chi connectivity index (χ2v) is 6.42. The van der Waals surface area contributed by atoms with Crippen molar-refractivity contribution < 1.29 is 4.74 Å². The topological polar surface area (TPSA) is 9.23 Å². The van der Waals surface area contributed by atoms with Crippen LogP contribution in [0.1, 0.15) is 35.4 Å². The fourth-order valence-corrected chi connectivity index (χ4v) is 3.29. The summed E-state index contributed by atoms with van der Waals surface area (Å²) in [6.45, 7) is 2.87. The molecule has 0 aliphatic heterocycles. The first-order valence-corrected chi connectivity index (χ1v) is 8.00. The molecule has 1 nitrogen and oxygen atoms in total. The molecule has 104 valence electrons. The Labute approximate surface area is 129 Å². The molecule has 0 heterocycles. The van der Waals surface area contributed by atoms with E-state index < -0.39 is 0 Å². The highest BCUT2D eigenvalue weighted by molar-refractivity contribution is 9.10. The van der Waals surface area contributed by atoms with Crippen LogP contribution in [0.3, 0.4) is 0 Å². The summed E-state index contributed by atoms with van der Waals surface area (Å²) in [6.07, 6.45) is 3.70. The Balaban J connectivity index is 1.75. The Morgan fingerprint density at radius 2 is 2.05 bits per heavy atom. The third-order valence-corrected chi connectivity index (χ3v) is 4.58. The summed E-state index contributed by atoms with van der Waals surface area (Å²) in [5, 5.41) is 0. The Morgan fingerprint density at radius 3 is 2.95 bits per heavy atom. The SMILES string of the molecule is Cc1ccc(Br)cc1OCC1CCCc2ccccc21. The van der Waals surface area contributed by atoms with Gasteiger partial charge in [-0.25, -0.2) is 0 Å². The maximum Gasteiger partial charge on any atom is 0.123 e. The minimum Gasteiger partial charge on any atom is -0.493 e. The van der Waals surface area contributed by atoms with Gasteiger partial charge in [0.05, 0.1) is 6.61 Å². The predicted molar refractivity (Wildman–Crippen MR) is 86.5 cm³/mol. The van der Waals surface area contributed by atoms with Crippen molar-refractivity contribution in [1.82, 2.24) is 0 Å². The molecule has 0 radical (unpaired) electrons. The van der Waals surface area contributed by atoms with Crippen molar-refractivity contribution in [3.63, 3.8) is 0 Å². The summed E-state index contributed by atoms with van der Waals surface area (Å²) in [6, 6.07) is 15.0. The first-order valence-electron chi connectivity index (χ1n) is 7.21. The molecule has 20 heavy (non-hydrogen) atoms. The van der Waals surface area contributed by atoms with E-state index in [4.69, 9.17) is 4.74 Å². The van der Waals surface area contributed by atoms with Crippen LogP contribution in [-0.4, -0.2) is 6.61 Å². The molecular weight excluding hydrogens is 312 g/mol. The van der Waals surface area contributed by atoms with E-state index in [1.807, 2.05) is 0 Å². The average Bonchev–Trinajstić information content (AvgIpc) is 2.48. The van der Waals surface area contributed by atoms with Crippen molar-refractivity contribution in [2.75, 3.05) is 6.61 Å². The largest absolute Gasteiger partial charge is 0.493 e. The molecule has 0 fully saturated rings. The van der Waals surface area contributed by atoms with Gasteiger partial charge in [-0.3, -0.25) is 0 Å². The molecule has 0 amide bonds. The van der Waals surface area contributed by atoms with Gasteiger partial charge < -0.3 is 4.74 Å². The molecule has 0 saturated heterocycles. The van der Waals surface area contributed by atoms with Gasteiger partial charge in [0, 0.05) is 10.4 Å². The number of rotatable bonds is 3. The quantitative estimate of drug-likeness (QED) is 0.746. The van der Waals surface area contributed by atoms with Crippen molar-refractivity contribution in [2.45, 2.75) is 32.1 Å². The molecule has 1 unspecified atom stereocenters. The first-order chi connectivity index (χ1) is 9.74. The molecule has 1 atom stereocenters. The van der Waals surface area contributed by atoms with Crippen LogP contribution in [0, 0.1) is 6.92 Å². The lowest BCUT2D eigenvalue weighted by Gasteiger charge is -2.25. The maximum absolute atomic E-state index is 6.08. The molecular formula is C18H19BrO. The lowest BCUT2D eigenvalue weighted by Crippen LogP contribution is -2.16. The number of fused-ring (bicyclic) bond motifs is 1. The number of halogens is 1. The van der Waals surface area contributed by atoms with Crippen molar-refractivity contribution in [3.8, 4) is 5.75 Å². The Bertz CT molecular complexity index is 606. The number of aryl methyl sites for hydroxylation is 2. The molecule has 2 heteroatoms. The van der Waals surface area contributed by atoms with Crippen molar-refractivity contribution in [3.05, 3.63) is 63.6 Å². The zero-order valence-corrected chi connectivity index (χ0v) is 13.3. The summed E-state index contributed by atoms with van der Waals surface area (Å²) in [5.74, 6) is 1.51. The number of ether oxygens (including phenoxy) is 1. The van der Waals surface area contributed by atoms with Crippen LogP contribution in [0.2, 0.25) is 0 Å². The van der Waals surface area contributed by atoms with Crippen LogP contribution in [-0.2, 0) is 6.42 Å². The maximum atomic E-state index is 6.08. The second kappa shape index (κ2) is 6.01. The number of benzene rings is 2. The van der Waals surface area contributed by atoms with Crippen LogP contribution in [0.15, 0.2) is 46.9 Å². The number of hydrogen-bond acceptors (Lipinski definition) is 1. The third kappa shape index (κ3) is 2.90. The molecule has 0 bridgehead atoms. The Morgan fingerprint density at radius 1 is 1.20 bits per heavy atom. The van der Waals surface area contributed by atoms with Crippen LogP contribution >= 0.6 is 15.9 Å². The highest BCUT2D eigenvalue weighted by Gasteiger charge is 2.20. The minimum absolute atomic E-state index is 0.526. The van der Waals surface area contributed by atoms with Gasteiger partial charge in [0.25, 0.3) is 0 Å². The second-order valence-electron chi connectivity index (χ2n) is 5.51. The molecule has 3 rings (SSSR count). The molecule has 2 aromatic rings. The van der Waals surface area contributed by atoms with Crippen LogP contribution in [0.25, 0.3) is 0 Å². The van der Waals surface area contributed by atoms with Crippen LogP contribution < -0.4 is 4.74 Å². The lowest BCUT2D eigenvalue weighted by atomic mass is 9.83. The van der Waals surface area contributed by atoms with Gasteiger partial charge in [-0.05, 0) is 55.0 Å². The van der Waals surface area contributed by atoms with Gasteiger partial charge in [0.2, 0.25) is 0 Å². The van der Waals surface area contributed by atoms with Crippen LogP contribution in [0.5, 0.6) is 5.75 Å². The average molecular weight is 331 g/mol. The van der Waals surface area contributed by atoms with E-state index in [0.717, 1.165) is 16.8 Å². The lowest BCUT2D eigenvalue weighted by molar-refractivity contribution is 0.273. The monoisotopic (exact) mass is 330 g/mol. The summed E-state index contributed by atoms with van der Waals surface area (Å²) in [7, 11) is 0. The molecule has 0 spiro atoms. The van der Waals surface area contributed by atoms with E-state index in [0.29, 0.717) is 5.92 Å². The summed E-state index contributed by atoms with van der Waals surface area (Å²) in [5.41, 5.74) is 4.17. The van der Waals surface area contributed by atoms with E-state index in [9.17, 15) is 0 Å². The van der Waals surface area contributed by atoms with Crippen molar-refractivity contribution in [2.24, 2.45) is 0 Å². The fourth-order valence-electron chi connectivity index (χ4n) is 2.95. The number of hydrogen-bond donors (Lipinski definition) is 0. The highest BCUT2D eigenvalue weighted by Crippen LogP contribution is 2.32. The van der Waals surface area contributed by atoms with E-state index in [1.165, 1.54) is 36.0 Å². The Kier molecular flexibility index (Phi) is 4.11. The summed E-state index contributed by atoms with van der Waals surface area (Å²) < 4.78 is 7.16. The van der Waals surface area contributed by atoms with Gasteiger partial charge in [0.1, 0.15) is 5.75 Å². The summed E-state index contributed by atoms with van der Waals surface area (Å²) in [4.78, 5) is 0. The van der Waals surface area contributed by atoms with Crippen molar-refractivity contribution in [1.29, 1.82) is 0 Å². The van der Waals surface area contributed by atoms with Gasteiger partial charge in [-0.1, -0.05) is 46.3 Å². The molecule has 1 aliphatic carbocycles.